The highest BCUT2D eigenvalue weighted by Crippen LogP contribution is 2.29. The molecule has 1 heterocycles. The van der Waals surface area contributed by atoms with Gasteiger partial charge in [-0.2, -0.15) is 5.10 Å². The lowest BCUT2D eigenvalue weighted by Crippen LogP contribution is -2.28. The molecule has 0 spiro atoms. The molecule has 18 heavy (non-hydrogen) atoms. The molecule has 0 saturated heterocycles. The first kappa shape index (κ1) is 15.6. The summed E-state index contributed by atoms with van der Waals surface area (Å²) in [5, 5.41) is 14.6. The first-order valence-corrected chi connectivity index (χ1v) is 6.96. The Morgan fingerprint density at radius 3 is 2.33 bits per heavy atom. The fourth-order valence-electron chi connectivity index (χ4n) is 1.73. The van der Waals surface area contributed by atoms with E-state index in [0.29, 0.717) is 18.9 Å². The summed E-state index contributed by atoms with van der Waals surface area (Å²) in [7, 11) is 0. The topological polar surface area (TPSA) is 56.5 Å². The zero-order valence-corrected chi connectivity index (χ0v) is 12.8. The van der Waals surface area contributed by atoms with Crippen LogP contribution in [0.3, 0.4) is 0 Å². The molecule has 1 N–H and O–H groups in total. The molecule has 0 aliphatic rings. The van der Waals surface area contributed by atoms with Gasteiger partial charge in [0.25, 0.3) is 0 Å². The van der Waals surface area contributed by atoms with Gasteiger partial charge in [-0.15, -0.1) is 0 Å². The van der Waals surface area contributed by atoms with Crippen LogP contribution in [-0.4, -0.2) is 34.4 Å². The van der Waals surface area contributed by atoms with Crippen LogP contribution in [0.5, 0.6) is 0 Å². The average molecular weight is 321 g/mol. The summed E-state index contributed by atoms with van der Waals surface area (Å²) in [4.78, 5) is 0. The van der Waals surface area contributed by atoms with Gasteiger partial charge in [-0.25, -0.2) is 0 Å². The number of aliphatic hydroxyl groups is 1. The third kappa shape index (κ3) is 3.54. The summed E-state index contributed by atoms with van der Waals surface area (Å²) in [6, 6.07) is 0.157. The van der Waals surface area contributed by atoms with Gasteiger partial charge in [-0.1, -0.05) is 0 Å². The van der Waals surface area contributed by atoms with Crippen LogP contribution in [0, 0.1) is 0 Å². The zero-order valence-electron chi connectivity index (χ0n) is 11.3. The molecule has 1 unspecified atom stereocenters. The Bertz CT molecular complexity index is 362. The van der Waals surface area contributed by atoms with Crippen molar-refractivity contribution < 1.29 is 14.6 Å². The minimum atomic E-state index is -0.871. The molecular formula is C12H21BrN2O3. The summed E-state index contributed by atoms with van der Waals surface area (Å²) >= 11 is 3.40. The van der Waals surface area contributed by atoms with Gasteiger partial charge in [0.1, 0.15) is 6.10 Å². The van der Waals surface area contributed by atoms with Crippen molar-refractivity contribution in [1.82, 2.24) is 9.78 Å². The SMILES string of the molecule is CCOC(OCC)C(O)c1c(Br)cnn1C(C)C. The quantitative estimate of drug-likeness (QED) is 0.785. The van der Waals surface area contributed by atoms with Crippen LogP contribution in [0.4, 0.5) is 0 Å². The molecule has 0 aliphatic carbocycles. The summed E-state index contributed by atoms with van der Waals surface area (Å²) in [5.41, 5.74) is 0.678. The van der Waals surface area contributed by atoms with Crippen LogP contribution >= 0.6 is 15.9 Å². The first-order valence-electron chi connectivity index (χ1n) is 6.17. The molecule has 1 rings (SSSR count). The van der Waals surface area contributed by atoms with Crippen molar-refractivity contribution in [3.05, 3.63) is 16.4 Å². The third-order valence-electron chi connectivity index (χ3n) is 2.48. The maximum absolute atomic E-state index is 10.4. The second-order valence-electron chi connectivity index (χ2n) is 4.14. The summed E-state index contributed by atoms with van der Waals surface area (Å²) in [6.45, 7) is 8.71. The predicted molar refractivity (Wildman–Crippen MR) is 72.3 cm³/mol. The van der Waals surface area contributed by atoms with Crippen LogP contribution in [-0.2, 0) is 9.47 Å². The van der Waals surface area contributed by atoms with E-state index in [0.717, 1.165) is 4.47 Å². The van der Waals surface area contributed by atoms with E-state index in [-0.39, 0.29) is 6.04 Å². The van der Waals surface area contributed by atoms with Gasteiger partial charge in [-0.05, 0) is 43.6 Å². The average Bonchev–Trinajstić information content (AvgIpc) is 2.70. The normalized spacial score (nSPS) is 13.6. The van der Waals surface area contributed by atoms with E-state index in [1.165, 1.54) is 0 Å². The van der Waals surface area contributed by atoms with E-state index in [2.05, 4.69) is 21.0 Å². The van der Waals surface area contributed by atoms with Crippen molar-refractivity contribution >= 4 is 15.9 Å². The number of aromatic nitrogens is 2. The van der Waals surface area contributed by atoms with Gasteiger partial charge in [0.2, 0.25) is 0 Å². The van der Waals surface area contributed by atoms with Crippen LogP contribution in [0.2, 0.25) is 0 Å². The van der Waals surface area contributed by atoms with Gasteiger partial charge in [0.05, 0.1) is 16.4 Å². The number of nitrogens with zero attached hydrogens (tertiary/aromatic N) is 2. The highest BCUT2D eigenvalue weighted by molar-refractivity contribution is 9.10. The Kier molecular flexibility index (Phi) is 6.28. The van der Waals surface area contributed by atoms with E-state index in [4.69, 9.17) is 9.47 Å². The standard InChI is InChI=1S/C12H21BrN2O3/c1-5-17-12(18-6-2)11(16)10-9(13)7-14-15(10)8(3)4/h7-8,11-12,16H,5-6H2,1-4H3. The predicted octanol–water partition coefficient (Wildman–Crippen LogP) is 2.66. The number of hydrogen-bond donors (Lipinski definition) is 1. The van der Waals surface area contributed by atoms with Crippen molar-refractivity contribution in [2.24, 2.45) is 0 Å². The fourth-order valence-corrected chi connectivity index (χ4v) is 2.23. The Labute approximate surface area is 116 Å². The van der Waals surface area contributed by atoms with Crippen molar-refractivity contribution in [2.45, 2.75) is 46.1 Å². The van der Waals surface area contributed by atoms with Gasteiger partial charge in [0, 0.05) is 19.3 Å². The first-order chi connectivity index (χ1) is 8.52. The maximum atomic E-state index is 10.4. The molecule has 1 aromatic heterocycles. The van der Waals surface area contributed by atoms with Gasteiger partial charge in [0.15, 0.2) is 6.29 Å². The molecule has 5 nitrogen and oxygen atoms in total. The number of hydrogen-bond acceptors (Lipinski definition) is 4. The van der Waals surface area contributed by atoms with E-state index >= 15 is 0 Å². The number of aliphatic hydroxyl groups excluding tert-OH is 1. The maximum Gasteiger partial charge on any atom is 0.189 e. The zero-order chi connectivity index (χ0) is 13.7. The minimum absolute atomic E-state index is 0.157. The highest BCUT2D eigenvalue weighted by atomic mass is 79.9. The lowest BCUT2D eigenvalue weighted by atomic mass is 10.2. The van der Waals surface area contributed by atoms with E-state index in [1.54, 1.807) is 10.9 Å². The molecule has 0 aromatic carbocycles. The molecule has 0 saturated carbocycles. The Hall–Kier alpha value is -0.430. The monoisotopic (exact) mass is 320 g/mol. The Morgan fingerprint density at radius 1 is 1.33 bits per heavy atom. The largest absolute Gasteiger partial charge is 0.381 e. The summed E-state index contributed by atoms with van der Waals surface area (Å²) in [5.74, 6) is 0. The van der Waals surface area contributed by atoms with Crippen LogP contribution < -0.4 is 0 Å². The second-order valence-corrected chi connectivity index (χ2v) is 4.99. The lowest BCUT2D eigenvalue weighted by molar-refractivity contribution is -0.193. The fraction of sp³-hybridized carbons (Fsp3) is 0.750. The molecular weight excluding hydrogens is 300 g/mol. The summed E-state index contributed by atoms with van der Waals surface area (Å²) < 4.78 is 13.4. The van der Waals surface area contributed by atoms with Gasteiger partial charge in [-0.3, -0.25) is 4.68 Å². The van der Waals surface area contributed by atoms with Gasteiger partial charge < -0.3 is 14.6 Å². The van der Waals surface area contributed by atoms with Crippen molar-refractivity contribution in [3.8, 4) is 0 Å². The van der Waals surface area contributed by atoms with Crippen molar-refractivity contribution in [3.63, 3.8) is 0 Å². The van der Waals surface area contributed by atoms with Crippen molar-refractivity contribution in [2.75, 3.05) is 13.2 Å². The molecule has 104 valence electrons. The van der Waals surface area contributed by atoms with E-state index in [9.17, 15) is 5.11 Å². The minimum Gasteiger partial charge on any atom is -0.381 e. The molecule has 1 atom stereocenters. The van der Waals surface area contributed by atoms with Crippen LogP contribution in [0.1, 0.15) is 45.5 Å². The number of ether oxygens (including phenoxy) is 2. The van der Waals surface area contributed by atoms with E-state index < -0.39 is 12.4 Å². The Balaban J connectivity index is 2.99. The third-order valence-corrected chi connectivity index (χ3v) is 3.09. The van der Waals surface area contributed by atoms with Gasteiger partial charge >= 0.3 is 0 Å². The van der Waals surface area contributed by atoms with E-state index in [1.807, 2.05) is 27.7 Å². The van der Waals surface area contributed by atoms with Crippen molar-refractivity contribution in [1.29, 1.82) is 0 Å². The Morgan fingerprint density at radius 2 is 1.89 bits per heavy atom. The number of halogens is 1. The molecule has 6 heteroatoms. The lowest BCUT2D eigenvalue weighted by Gasteiger charge is -2.24. The molecule has 1 aromatic rings. The molecule has 0 bridgehead atoms. The molecule has 0 radical (unpaired) electrons. The summed E-state index contributed by atoms with van der Waals surface area (Å²) in [6.07, 6.45) is 0.128. The molecule has 0 amide bonds. The number of rotatable bonds is 7. The van der Waals surface area contributed by atoms with Crippen LogP contribution in [0.25, 0.3) is 0 Å². The smallest absolute Gasteiger partial charge is 0.189 e. The second kappa shape index (κ2) is 7.23. The highest BCUT2D eigenvalue weighted by Gasteiger charge is 2.28. The van der Waals surface area contributed by atoms with Crippen LogP contribution in [0.15, 0.2) is 10.7 Å². The molecule has 0 aliphatic heterocycles. The molecule has 0 fully saturated rings.